The molecule has 0 spiro atoms. The van der Waals surface area contributed by atoms with E-state index in [1.165, 1.54) is 11.3 Å². The monoisotopic (exact) mass is 352 g/mol. The van der Waals surface area contributed by atoms with Crippen LogP contribution in [0.2, 0.25) is 0 Å². The Morgan fingerprint density at radius 2 is 1.76 bits per heavy atom. The number of para-hydroxylation sites is 1. The second kappa shape index (κ2) is 7.94. The lowest BCUT2D eigenvalue weighted by Gasteiger charge is -2.16. The van der Waals surface area contributed by atoms with Gasteiger partial charge in [-0.25, -0.2) is 4.98 Å². The fourth-order valence-electron chi connectivity index (χ4n) is 2.49. The molecule has 5 heteroatoms. The minimum absolute atomic E-state index is 0.181. The number of carbonyl (C=O) groups excluding carboxylic acids is 1. The first-order valence-electron chi connectivity index (χ1n) is 8.22. The molecule has 0 radical (unpaired) electrons. The molecule has 4 nitrogen and oxygen atoms in total. The maximum absolute atomic E-state index is 12.5. The molecule has 1 aromatic heterocycles. The number of carbonyl (C=O) groups is 1. The van der Waals surface area contributed by atoms with Crippen LogP contribution in [0.3, 0.4) is 0 Å². The van der Waals surface area contributed by atoms with E-state index in [0.29, 0.717) is 17.3 Å². The lowest BCUT2D eigenvalue weighted by atomic mass is 10.1. The van der Waals surface area contributed by atoms with Crippen molar-refractivity contribution in [2.75, 3.05) is 5.32 Å². The van der Waals surface area contributed by atoms with E-state index < -0.39 is 6.10 Å². The van der Waals surface area contributed by atoms with Crippen LogP contribution in [-0.4, -0.2) is 17.0 Å². The number of hydrogen-bond donors (Lipinski definition) is 1. The highest BCUT2D eigenvalue weighted by Gasteiger charge is 2.20. The summed E-state index contributed by atoms with van der Waals surface area (Å²) in [6.45, 7) is 3.93. The van der Waals surface area contributed by atoms with Crippen LogP contribution in [0.4, 0.5) is 5.13 Å². The Morgan fingerprint density at radius 1 is 1.12 bits per heavy atom. The highest BCUT2D eigenvalue weighted by Crippen LogP contribution is 2.30. The van der Waals surface area contributed by atoms with Crippen molar-refractivity contribution in [2.24, 2.45) is 0 Å². The molecule has 0 saturated carbocycles. The zero-order valence-electron chi connectivity index (χ0n) is 14.2. The number of thiazole rings is 1. The maximum Gasteiger partial charge on any atom is 0.267 e. The zero-order valence-corrected chi connectivity index (χ0v) is 15.0. The number of anilines is 1. The number of aryl methyl sites for hydroxylation is 1. The molecular formula is C20H20N2O2S. The number of nitrogens with one attached hydrogen (secondary N) is 1. The maximum atomic E-state index is 12.5. The summed E-state index contributed by atoms with van der Waals surface area (Å²) in [7, 11) is 0. The smallest absolute Gasteiger partial charge is 0.267 e. The van der Waals surface area contributed by atoms with Crippen molar-refractivity contribution in [2.45, 2.75) is 26.4 Å². The Kier molecular flexibility index (Phi) is 5.46. The molecular weight excluding hydrogens is 332 g/mol. The van der Waals surface area contributed by atoms with Crippen molar-refractivity contribution in [3.63, 3.8) is 0 Å². The van der Waals surface area contributed by atoms with Gasteiger partial charge in [-0.2, -0.15) is 0 Å². The highest BCUT2D eigenvalue weighted by atomic mass is 32.1. The van der Waals surface area contributed by atoms with E-state index in [4.69, 9.17) is 4.74 Å². The number of aromatic nitrogens is 1. The van der Waals surface area contributed by atoms with Gasteiger partial charge in [-0.1, -0.05) is 55.5 Å². The average molecular weight is 352 g/mol. The summed E-state index contributed by atoms with van der Waals surface area (Å²) in [6, 6.07) is 19.3. The second-order valence-electron chi connectivity index (χ2n) is 5.61. The van der Waals surface area contributed by atoms with Crippen molar-refractivity contribution in [1.82, 2.24) is 4.98 Å². The van der Waals surface area contributed by atoms with Crippen molar-refractivity contribution in [1.29, 1.82) is 0 Å². The number of hydrogen-bond acceptors (Lipinski definition) is 4. The molecule has 3 rings (SSSR count). The molecule has 25 heavy (non-hydrogen) atoms. The van der Waals surface area contributed by atoms with Gasteiger partial charge in [0.05, 0.1) is 5.69 Å². The summed E-state index contributed by atoms with van der Waals surface area (Å²) < 4.78 is 5.78. The van der Waals surface area contributed by atoms with Crippen LogP contribution in [-0.2, 0) is 4.79 Å². The number of rotatable bonds is 6. The van der Waals surface area contributed by atoms with Gasteiger partial charge in [0.25, 0.3) is 5.91 Å². The van der Waals surface area contributed by atoms with E-state index in [-0.39, 0.29) is 5.91 Å². The van der Waals surface area contributed by atoms with Gasteiger partial charge < -0.3 is 4.74 Å². The summed E-state index contributed by atoms with van der Waals surface area (Å²) in [5.74, 6) is 0.504. The van der Waals surface area contributed by atoms with Crippen molar-refractivity contribution < 1.29 is 9.53 Å². The molecule has 0 unspecified atom stereocenters. The lowest BCUT2D eigenvalue weighted by Crippen LogP contribution is -2.32. The van der Waals surface area contributed by atoms with Gasteiger partial charge in [0.1, 0.15) is 5.75 Å². The molecule has 2 aromatic carbocycles. The van der Waals surface area contributed by atoms with Gasteiger partial charge >= 0.3 is 0 Å². The first kappa shape index (κ1) is 17.2. The second-order valence-corrected chi connectivity index (χ2v) is 6.81. The first-order chi connectivity index (χ1) is 12.2. The molecule has 0 saturated heterocycles. The predicted molar refractivity (Wildman–Crippen MR) is 102 cm³/mol. The molecule has 0 bridgehead atoms. The first-order valence-corrected chi connectivity index (χ1v) is 9.04. The minimum atomic E-state index is -0.549. The molecule has 1 heterocycles. The van der Waals surface area contributed by atoms with Gasteiger partial charge in [0.2, 0.25) is 0 Å². The summed E-state index contributed by atoms with van der Waals surface area (Å²) in [5, 5.41) is 3.48. The Hall–Kier alpha value is -2.66. The van der Waals surface area contributed by atoms with E-state index in [2.05, 4.69) is 10.3 Å². The fourth-order valence-corrected chi connectivity index (χ4v) is 3.32. The van der Waals surface area contributed by atoms with E-state index >= 15 is 0 Å². The normalized spacial score (nSPS) is 11.8. The summed E-state index contributed by atoms with van der Waals surface area (Å²) >= 11 is 1.47. The average Bonchev–Trinajstić information content (AvgIpc) is 3.01. The third-order valence-electron chi connectivity index (χ3n) is 3.76. The van der Waals surface area contributed by atoms with Crippen LogP contribution in [0.5, 0.6) is 5.75 Å². The van der Waals surface area contributed by atoms with Crippen LogP contribution in [0, 0.1) is 6.92 Å². The summed E-state index contributed by atoms with van der Waals surface area (Å²) in [5.41, 5.74) is 1.95. The number of ether oxygens (including phenoxy) is 1. The SMILES string of the molecule is CC[C@H](Oc1ccccc1)C(=O)Nc1nc(-c2ccccc2)c(C)s1. The Balaban J connectivity index is 1.72. The highest BCUT2D eigenvalue weighted by molar-refractivity contribution is 7.16. The van der Waals surface area contributed by atoms with E-state index in [9.17, 15) is 4.79 Å². The largest absolute Gasteiger partial charge is 0.481 e. The van der Waals surface area contributed by atoms with Crippen LogP contribution in [0.1, 0.15) is 18.2 Å². The summed E-state index contributed by atoms with van der Waals surface area (Å²) in [4.78, 5) is 18.2. The van der Waals surface area contributed by atoms with E-state index in [1.54, 1.807) is 0 Å². The molecule has 0 fully saturated rings. The standard InChI is InChI=1S/C20H20N2O2S/c1-3-17(24-16-12-8-5-9-13-16)19(23)22-20-21-18(14(2)25-20)15-10-6-4-7-11-15/h4-13,17H,3H2,1-2H3,(H,21,22,23)/t17-/m0/s1. The summed E-state index contributed by atoms with van der Waals surface area (Å²) in [6.07, 6.45) is 0.0307. The molecule has 3 aromatic rings. The number of amides is 1. The molecule has 0 aliphatic rings. The van der Waals surface area contributed by atoms with Crippen molar-refractivity contribution >= 4 is 22.4 Å². The van der Waals surface area contributed by atoms with Gasteiger partial charge in [0, 0.05) is 10.4 Å². The number of nitrogens with zero attached hydrogens (tertiary/aromatic N) is 1. The van der Waals surface area contributed by atoms with Gasteiger partial charge in [-0.3, -0.25) is 10.1 Å². The zero-order chi connectivity index (χ0) is 17.6. The molecule has 1 N–H and O–H groups in total. The fraction of sp³-hybridized carbons (Fsp3) is 0.200. The Bertz CT molecular complexity index is 831. The molecule has 1 atom stereocenters. The number of benzene rings is 2. The molecule has 1 amide bonds. The molecule has 0 aliphatic heterocycles. The third kappa shape index (κ3) is 4.25. The third-order valence-corrected chi connectivity index (χ3v) is 4.64. The lowest BCUT2D eigenvalue weighted by molar-refractivity contribution is -0.122. The molecule has 0 aliphatic carbocycles. The van der Waals surface area contributed by atoms with Crippen LogP contribution < -0.4 is 10.1 Å². The van der Waals surface area contributed by atoms with Gasteiger partial charge in [0.15, 0.2) is 11.2 Å². The molecule has 128 valence electrons. The van der Waals surface area contributed by atoms with Crippen LogP contribution >= 0.6 is 11.3 Å². The van der Waals surface area contributed by atoms with Gasteiger partial charge in [-0.15, -0.1) is 11.3 Å². The topological polar surface area (TPSA) is 51.2 Å². The van der Waals surface area contributed by atoms with E-state index in [1.807, 2.05) is 74.5 Å². The minimum Gasteiger partial charge on any atom is -0.481 e. The van der Waals surface area contributed by atoms with Crippen LogP contribution in [0.25, 0.3) is 11.3 Å². The van der Waals surface area contributed by atoms with Crippen LogP contribution in [0.15, 0.2) is 60.7 Å². The predicted octanol–water partition coefficient (Wildman–Crippen LogP) is 4.91. The Morgan fingerprint density at radius 3 is 2.40 bits per heavy atom. The van der Waals surface area contributed by atoms with E-state index in [0.717, 1.165) is 16.1 Å². The van der Waals surface area contributed by atoms with Crippen molar-refractivity contribution in [3.05, 3.63) is 65.5 Å². The van der Waals surface area contributed by atoms with Crippen molar-refractivity contribution in [3.8, 4) is 17.0 Å². The Labute approximate surface area is 151 Å². The van der Waals surface area contributed by atoms with Gasteiger partial charge in [-0.05, 0) is 25.5 Å². The quantitative estimate of drug-likeness (QED) is 0.685.